The Balaban J connectivity index is 0.00000208. The molecule has 24 heavy (non-hydrogen) atoms. The number of rotatable bonds is 5. The molecule has 3 rings (SSSR count). The molecule has 0 bridgehead atoms. The molecule has 0 unspecified atom stereocenters. The molecule has 3 aromatic rings. The third kappa shape index (κ3) is 3.94. The molecule has 0 spiro atoms. The molecule has 1 heterocycles. The summed E-state index contributed by atoms with van der Waals surface area (Å²) in [5.74, 6) is 0. The molecule has 0 saturated carbocycles. The van der Waals surface area contributed by atoms with Gasteiger partial charge in [-0.15, -0.1) is 12.4 Å². The zero-order valence-electron chi connectivity index (χ0n) is 13.2. The van der Waals surface area contributed by atoms with Crippen LogP contribution >= 0.6 is 12.4 Å². The number of aromatic nitrogens is 2. The number of benzene rings is 2. The van der Waals surface area contributed by atoms with E-state index in [9.17, 15) is 4.79 Å². The van der Waals surface area contributed by atoms with Gasteiger partial charge in [-0.3, -0.25) is 9.89 Å². The second kappa shape index (κ2) is 8.17. The standard InChI is InChI=1S/C18H17N3O2.ClH/c1-14-17(12-19-23-13-15-8-4-2-5-9-15)18(22)21(20-14)16-10-6-3-7-11-16;/h2-12,20H,13H2,1H3;1H. The molecular weight excluding hydrogens is 326 g/mol. The maximum atomic E-state index is 12.4. The number of para-hydroxylation sites is 1. The highest BCUT2D eigenvalue weighted by Gasteiger charge is 2.10. The van der Waals surface area contributed by atoms with Crippen LogP contribution in [0.4, 0.5) is 0 Å². The minimum Gasteiger partial charge on any atom is -0.391 e. The Morgan fingerprint density at radius 1 is 1.08 bits per heavy atom. The smallest absolute Gasteiger partial charge is 0.280 e. The first-order valence-corrected chi connectivity index (χ1v) is 7.32. The van der Waals surface area contributed by atoms with Gasteiger partial charge >= 0.3 is 0 Å². The van der Waals surface area contributed by atoms with Gasteiger partial charge in [0.15, 0.2) is 0 Å². The molecule has 5 nitrogen and oxygen atoms in total. The maximum absolute atomic E-state index is 12.4. The summed E-state index contributed by atoms with van der Waals surface area (Å²) in [7, 11) is 0. The van der Waals surface area contributed by atoms with Gasteiger partial charge < -0.3 is 4.84 Å². The molecule has 0 amide bonds. The molecular formula is C18H18ClN3O2. The van der Waals surface area contributed by atoms with Gasteiger partial charge in [-0.1, -0.05) is 53.7 Å². The number of oxime groups is 1. The van der Waals surface area contributed by atoms with E-state index in [1.807, 2.05) is 67.6 Å². The van der Waals surface area contributed by atoms with Crippen LogP contribution < -0.4 is 5.56 Å². The lowest BCUT2D eigenvalue weighted by Crippen LogP contribution is -2.17. The summed E-state index contributed by atoms with van der Waals surface area (Å²) in [6.07, 6.45) is 1.45. The Labute approximate surface area is 146 Å². The fourth-order valence-electron chi connectivity index (χ4n) is 2.25. The Morgan fingerprint density at radius 2 is 1.71 bits per heavy atom. The van der Waals surface area contributed by atoms with Crippen LogP contribution in [0.3, 0.4) is 0 Å². The third-order valence-corrected chi connectivity index (χ3v) is 3.46. The van der Waals surface area contributed by atoms with Gasteiger partial charge in [-0.2, -0.15) is 0 Å². The molecule has 124 valence electrons. The Bertz CT molecular complexity index is 855. The van der Waals surface area contributed by atoms with Crippen LogP contribution in [0, 0.1) is 6.92 Å². The number of hydrogen-bond acceptors (Lipinski definition) is 3. The Morgan fingerprint density at radius 3 is 2.38 bits per heavy atom. The van der Waals surface area contributed by atoms with Crippen LogP contribution in [0.15, 0.2) is 70.6 Å². The van der Waals surface area contributed by atoms with Crippen LogP contribution in [-0.2, 0) is 11.4 Å². The van der Waals surface area contributed by atoms with Crippen molar-refractivity contribution < 1.29 is 4.84 Å². The van der Waals surface area contributed by atoms with Crippen molar-refractivity contribution in [2.24, 2.45) is 5.16 Å². The molecule has 1 N–H and O–H groups in total. The van der Waals surface area contributed by atoms with Gasteiger partial charge in [0.1, 0.15) is 6.61 Å². The number of halogens is 1. The van der Waals surface area contributed by atoms with Gasteiger partial charge in [0, 0.05) is 5.69 Å². The molecule has 6 heteroatoms. The SMILES string of the molecule is Cc1[nH]n(-c2ccccc2)c(=O)c1C=NOCc1ccccc1.Cl. The molecule has 0 aliphatic heterocycles. The first-order chi connectivity index (χ1) is 11.3. The van der Waals surface area contributed by atoms with E-state index < -0.39 is 0 Å². The topological polar surface area (TPSA) is 59.4 Å². The predicted octanol–water partition coefficient (Wildman–Crippen LogP) is 3.45. The van der Waals surface area contributed by atoms with Crippen molar-refractivity contribution in [1.82, 2.24) is 9.78 Å². The van der Waals surface area contributed by atoms with Crippen molar-refractivity contribution in [2.45, 2.75) is 13.5 Å². The molecule has 1 aromatic heterocycles. The van der Waals surface area contributed by atoms with Gasteiger partial charge in [0.05, 0.1) is 17.5 Å². The Kier molecular flexibility index (Phi) is 5.98. The summed E-state index contributed by atoms with van der Waals surface area (Å²) in [5.41, 5.74) is 2.89. The van der Waals surface area contributed by atoms with Gasteiger partial charge in [-0.05, 0) is 24.6 Å². The summed E-state index contributed by atoms with van der Waals surface area (Å²) in [6.45, 7) is 2.20. The predicted molar refractivity (Wildman–Crippen MR) is 97.2 cm³/mol. The van der Waals surface area contributed by atoms with Crippen molar-refractivity contribution in [1.29, 1.82) is 0 Å². The molecule has 0 radical (unpaired) electrons. The summed E-state index contributed by atoms with van der Waals surface area (Å²) in [6, 6.07) is 19.1. The zero-order chi connectivity index (χ0) is 16.1. The molecule has 0 saturated heterocycles. The van der Waals surface area contributed by atoms with Gasteiger partial charge in [0.25, 0.3) is 5.56 Å². The van der Waals surface area contributed by atoms with E-state index in [1.165, 1.54) is 10.9 Å². The number of nitrogens with zero attached hydrogens (tertiary/aromatic N) is 2. The number of H-pyrrole nitrogens is 1. The number of aromatic amines is 1. The summed E-state index contributed by atoms with van der Waals surface area (Å²) in [4.78, 5) is 17.7. The second-order valence-electron chi connectivity index (χ2n) is 5.12. The van der Waals surface area contributed by atoms with E-state index in [0.717, 1.165) is 16.9 Å². The average Bonchev–Trinajstić information content (AvgIpc) is 2.88. The Hall–Kier alpha value is -2.79. The molecule has 0 atom stereocenters. The van der Waals surface area contributed by atoms with Gasteiger partial charge in [0.2, 0.25) is 0 Å². The molecule has 0 aliphatic rings. The van der Waals surface area contributed by atoms with Crippen molar-refractivity contribution >= 4 is 18.6 Å². The minimum absolute atomic E-state index is 0. The molecule has 0 fully saturated rings. The first-order valence-electron chi connectivity index (χ1n) is 7.32. The van der Waals surface area contributed by atoms with E-state index in [-0.39, 0.29) is 18.0 Å². The highest BCUT2D eigenvalue weighted by atomic mass is 35.5. The largest absolute Gasteiger partial charge is 0.391 e. The van der Waals surface area contributed by atoms with Gasteiger partial charge in [-0.25, -0.2) is 4.68 Å². The van der Waals surface area contributed by atoms with Crippen LogP contribution in [0.5, 0.6) is 0 Å². The monoisotopic (exact) mass is 343 g/mol. The average molecular weight is 344 g/mol. The maximum Gasteiger partial charge on any atom is 0.280 e. The summed E-state index contributed by atoms with van der Waals surface area (Å²) < 4.78 is 1.49. The highest BCUT2D eigenvalue weighted by Crippen LogP contribution is 2.06. The third-order valence-electron chi connectivity index (χ3n) is 3.46. The van der Waals surface area contributed by atoms with E-state index >= 15 is 0 Å². The van der Waals surface area contributed by atoms with E-state index in [1.54, 1.807) is 0 Å². The van der Waals surface area contributed by atoms with Crippen molar-refractivity contribution in [2.75, 3.05) is 0 Å². The highest BCUT2D eigenvalue weighted by molar-refractivity contribution is 5.85. The van der Waals surface area contributed by atoms with E-state index in [0.29, 0.717) is 12.2 Å². The van der Waals surface area contributed by atoms with Crippen molar-refractivity contribution in [3.05, 3.63) is 87.8 Å². The normalized spacial score (nSPS) is 10.5. The quantitative estimate of drug-likeness (QED) is 0.570. The van der Waals surface area contributed by atoms with Crippen LogP contribution in [0.25, 0.3) is 5.69 Å². The number of hydrogen-bond donors (Lipinski definition) is 1. The van der Waals surface area contributed by atoms with Crippen LogP contribution in [0.1, 0.15) is 16.8 Å². The minimum atomic E-state index is -0.152. The lowest BCUT2D eigenvalue weighted by atomic mass is 10.2. The fraction of sp³-hybridized carbons (Fsp3) is 0.111. The number of nitrogens with one attached hydrogen (secondary N) is 1. The second-order valence-corrected chi connectivity index (χ2v) is 5.12. The van der Waals surface area contributed by atoms with E-state index in [4.69, 9.17) is 4.84 Å². The first kappa shape index (κ1) is 17.6. The molecule has 0 aliphatic carbocycles. The summed E-state index contributed by atoms with van der Waals surface area (Å²) in [5, 5.41) is 6.95. The van der Waals surface area contributed by atoms with Crippen molar-refractivity contribution in [3.63, 3.8) is 0 Å². The lowest BCUT2D eigenvalue weighted by Gasteiger charge is -1.99. The van der Waals surface area contributed by atoms with E-state index in [2.05, 4.69) is 10.3 Å². The molecule has 2 aromatic carbocycles. The van der Waals surface area contributed by atoms with Crippen molar-refractivity contribution in [3.8, 4) is 5.69 Å². The lowest BCUT2D eigenvalue weighted by molar-refractivity contribution is 0.132. The fourth-order valence-corrected chi connectivity index (χ4v) is 2.25. The van der Waals surface area contributed by atoms with Crippen LogP contribution in [0.2, 0.25) is 0 Å². The van der Waals surface area contributed by atoms with Crippen LogP contribution in [-0.4, -0.2) is 16.0 Å². The number of aryl methyl sites for hydroxylation is 1. The zero-order valence-corrected chi connectivity index (χ0v) is 14.0. The summed E-state index contributed by atoms with van der Waals surface area (Å²) >= 11 is 0.